The van der Waals surface area contributed by atoms with Gasteiger partial charge in [0.15, 0.2) is 0 Å². The highest BCUT2D eigenvalue weighted by molar-refractivity contribution is 5.45. The molecule has 0 amide bonds. The van der Waals surface area contributed by atoms with Crippen LogP contribution in [0.3, 0.4) is 0 Å². The Morgan fingerprint density at radius 1 is 0.821 bits per heavy atom. The molecule has 0 radical (unpaired) electrons. The maximum Gasteiger partial charge on any atom is 0.268 e. The monoisotopic (exact) mass is 384 g/mol. The van der Waals surface area contributed by atoms with Crippen molar-refractivity contribution in [3.05, 3.63) is 73.1 Å². The molecule has 0 aliphatic heterocycles. The molecular weight excluding hydrogens is 356 g/mol. The molecule has 0 spiro atoms. The van der Waals surface area contributed by atoms with Crippen LogP contribution in [0.25, 0.3) is 0 Å². The third-order valence-corrected chi connectivity index (χ3v) is 5.08. The van der Waals surface area contributed by atoms with Gasteiger partial charge in [0.05, 0.1) is 17.7 Å². The van der Waals surface area contributed by atoms with Crippen molar-refractivity contribution in [2.24, 2.45) is 0 Å². The standard InChI is InChI=1S/C21H28N4O3/c1-4-5-6-7-12-28-16-10-8-15(9-11-16)19(17-13(2)22-24-20(17)26)18-14(3)23-25-21(18)27/h8-11,19H,4-7,12H2,1-3H3,(H2,22,24,26)(H2,23,25,27). The van der Waals surface area contributed by atoms with Gasteiger partial charge in [-0.1, -0.05) is 38.3 Å². The first-order chi connectivity index (χ1) is 13.5. The maximum absolute atomic E-state index is 12.4. The van der Waals surface area contributed by atoms with Crippen molar-refractivity contribution in [2.45, 2.75) is 52.4 Å². The van der Waals surface area contributed by atoms with Gasteiger partial charge in [0.1, 0.15) is 5.75 Å². The lowest BCUT2D eigenvalue weighted by molar-refractivity contribution is 0.305. The first-order valence-corrected chi connectivity index (χ1v) is 9.80. The summed E-state index contributed by atoms with van der Waals surface area (Å²) in [6.45, 7) is 6.52. The molecule has 1 aromatic carbocycles. The minimum Gasteiger partial charge on any atom is -0.494 e. The fraction of sp³-hybridized carbons (Fsp3) is 0.429. The summed E-state index contributed by atoms with van der Waals surface area (Å²) in [6.07, 6.45) is 4.63. The van der Waals surface area contributed by atoms with Gasteiger partial charge in [-0.2, -0.15) is 0 Å². The molecule has 0 aliphatic rings. The van der Waals surface area contributed by atoms with E-state index in [1.165, 1.54) is 19.3 Å². The molecule has 7 heteroatoms. The normalized spacial score (nSPS) is 11.3. The molecule has 0 atom stereocenters. The number of aromatic amines is 4. The molecule has 28 heavy (non-hydrogen) atoms. The molecular formula is C21H28N4O3. The molecule has 150 valence electrons. The Hall–Kier alpha value is -2.96. The second-order valence-corrected chi connectivity index (χ2v) is 7.15. The van der Waals surface area contributed by atoms with Crippen LogP contribution in [0.2, 0.25) is 0 Å². The predicted molar refractivity (Wildman–Crippen MR) is 109 cm³/mol. The largest absolute Gasteiger partial charge is 0.494 e. The lowest BCUT2D eigenvalue weighted by Gasteiger charge is -2.16. The zero-order chi connectivity index (χ0) is 20.1. The average molecular weight is 384 g/mol. The number of aryl methyl sites for hydroxylation is 2. The zero-order valence-electron chi connectivity index (χ0n) is 16.6. The second kappa shape index (κ2) is 8.82. The van der Waals surface area contributed by atoms with Crippen LogP contribution in [-0.4, -0.2) is 27.0 Å². The number of H-pyrrole nitrogens is 4. The van der Waals surface area contributed by atoms with Crippen LogP contribution in [0.5, 0.6) is 5.75 Å². The Bertz CT molecular complexity index is 953. The molecule has 0 saturated carbocycles. The van der Waals surface area contributed by atoms with Crippen molar-refractivity contribution in [3.8, 4) is 5.75 Å². The lowest BCUT2D eigenvalue weighted by Crippen LogP contribution is -2.20. The van der Waals surface area contributed by atoms with Crippen molar-refractivity contribution < 1.29 is 4.74 Å². The van der Waals surface area contributed by atoms with Gasteiger partial charge in [0.2, 0.25) is 0 Å². The van der Waals surface area contributed by atoms with E-state index < -0.39 is 5.92 Å². The highest BCUT2D eigenvalue weighted by Gasteiger charge is 2.27. The van der Waals surface area contributed by atoms with Crippen LogP contribution in [-0.2, 0) is 0 Å². The van der Waals surface area contributed by atoms with E-state index in [-0.39, 0.29) is 11.1 Å². The van der Waals surface area contributed by atoms with E-state index in [9.17, 15) is 9.59 Å². The molecule has 4 N–H and O–H groups in total. The molecule has 0 bridgehead atoms. The van der Waals surface area contributed by atoms with Crippen LogP contribution in [0.4, 0.5) is 0 Å². The maximum atomic E-state index is 12.4. The summed E-state index contributed by atoms with van der Waals surface area (Å²) in [5, 5.41) is 11.0. The summed E-state index contributed by atoms with van der Waals surface area (Å²) in [5.41, 5.74) is 2.93. The Morgan fingerprint density at radius 3 is 1.86 bits per heavy atom. The van der Waals surface area contributed by atoms with Gasteiger partial charge in [-0.15, -0.1) is 0 Å². The van der Waals surface area contributed by atoms with Crippen LogP contribution in [0.15, 0.2) is 33.9 Å². The lowest BCUT2D eigenvalue weighted by atomic mass is 9.85. The zero-order valence-corrected chi connectivity index (χ0v) is 16.6. The van der Waals surface area contributed by atoms with Crippen LogP contribution in [0.1, 0.15) is 66.6 Å². The second-order valence-electron chi connectivity index (χ2n) is 7.15. The number of hydrogen-bond donors (Lipinski definition) is 4. The van der Waals surface area contributed by atoms with Gasteiger partial charge in [-0.05, 0) is 38.0 Å². The van der Waals surface area contributed by atoms with Crippen LogP contribution in [0, 0.1) is 13.8 Å². The number of nitrogens with one attached hydrogen (secondary N) is 4. The van der Waals surface area contributed by atoms with E-state index in [4.69, 9.17) is 4.74 Å². The number of hydrogen-bond acceptors (Lipinski definition) is 3. The Kier molecular flexibility index (Phi) is 6.23. The number of rotatable bonds is 9. The summed E-state index contributed by atoms with van der Waals surface area (Å²) >= 11 is 0. The molecule has 2 aromatic heterocycles. The summed E-state index contributed by atoms with van der Waals surface area (Å²) in [4.78, 5) is 24.9. The minimum absolute atomic E-state index is 0.223. The number of ether oxygens (including phenoxy) is 1. The van der Waals surface area contributed by atoms with Crippen molar-refractivity contribution in [3.63, 3.8) is 0 Å². The van der Waals surface area contributed by atoms with E-state index >= 15 is 0 Å². The van der Waals surface area contributed by atoms with Gasteiger partial charge in [-0.3, -0.25) is 19.8 Å². The van der Waals surface area contributed by atoms with Crippen molar-refractivity contribution in [1.82, 2.24) is 20.4 Å². The summed E-state index contributed by atoms with van der Waals surface area (Å²) in [7, 11) is 0. The van der Waals surface area contributed by atoms with E-state index in [0.29, 0.717) is 29.1 Å². The van der Waals surface area contributed by atoms with Crippen LogP contribution >= 0.6 is 0 Å². The summed E-state index contributed by atoms with van der Waals surface area (Å²) in [5.74, 6) is 0.321. The van der Waals surface area contributed by atoms with Crippen molar-refractivity contribution >= 4 is 0 Å². The predicted octanol–water partition coefficient (Wildman–Crippen LogP) is 3.48. The molecule has 3 aromatic rings. The first kappa shape index (κ1) is 19.8. The average Bonchev–Trinajstić information content (AvgIpc) is 3.19. The third kappa shape index (κ3) is 4.13. The first-order valence-electron chi connectivity index (χ1n) is 9.80. The van der Waals surface area contributed by atoms with Gasteiger partial charge in [0, 0.05) is 17.3 Å². The fourth-order valence-corrected chi connectivity index (χ4v) is 3.56. The van der Waals surface area contributed by atoms with Gasteiger partial charge in [0.25, 0.3) is 11.1 Å². The highest BCUT2D eigenvalue weighted by atomic mass is 16.5. The van der Waals surface area contributed by atoms with Crippen LogP contribution < -0.4 is 15.9 Å². The molecule has 0 fully saturated rings. The molecule has 3 rings (SSSR count). The molecule has 0 aliphatic carbocycles. The molecule has 0 unspecified atom stereocenters. The Balaban J connectivity index is 1.90. The van der Waals surface area contributed by atoms with E-state index in [1.54, 1.807) is 0 Å². The number of unbranched alkanes of at least 4 members (excludes halogenated alkanes) is 3. The van der Waals surface area contributed by atoms with E-state index in [1.807, 2.05) is 38.1 Å². The van der Waals surface area contributed by atoms with Gasteiger partial charge < -0.3 is 14.9 Å². The molecule has 0 saturated heterocycles. The minimum atomic E-state index is -0.469. The summed E-state index contributed by atoms with van der Waals surface area (Å²) in [6, 6.07) is 7.64. The summed E-state index contributed by atoms with van der Waals surface area (Å²) < 4.78 is 5.82. The molecule has 2 heterocycles. The van der Waals surface area contributed by atoms with Gasteiger partial charge >= 0.3 is 0 Å². The van der Waals surface area contributed by atoms with E-state index in [0.717, 1.165) is 17.7 Å². The fourth-order valence-electron chi connectivity index (χ4n) is 3.56. The number of benzene rings is 1. The van der Waals surface area contributed by atoms with Gasteiger partial charge in [-0.25, -0.2) is 0 Å². The highest BCUT2D eigenvalue weighted by Crippen LogP contribution is 2.31. The molecule has 7 nitrogen and oxygen atoms in total. The Labute approximate surface area is 163 Å². The number of aromatic nitrogens is 4. The topological polar surface area (TPSA) is 107 Å². The quantitative estimate of drug-likeness (QED) is 0.424. The SMILES string of the molecule is CCCCCCOc1ccc(C(c2c(C)[nH][nH]c2=O)c2c(C)[nH][nH]c2=O)cc1. The van der Waals surface area contributed by atoms with E-state index in [2.05, 4.69) is 27.3 Å². The van der Waals surface area contributed by atoms with Crippen molar-refractivity contribution in [2.75, 3.05) is 6.61 Å². The third-order valence-electron chi connectivity index (χ3n) is 5.08. The smallest absolute Gasteiger partial charge is 0.268 e. The van der Waals surface area contributed by atoms with Crippen molar-refractivity contribution in [1.29, 1.82) is 0 Å². The Morgan fingerprint density at radius 2 is 1.39 bits per heavy atom.